The summed E-state index contributed by atoms with van der Waals surface area (Å²) in [6, 6.07) is 18.9. The Hall–Kier alpha value is -2.46. The van der Waals surface area contributed by atoms with Crippen molar-refractivity contribution in [3.63, 3.8) is 0 Å². The van der Waals surface area contributed by atoms with Crippen LogP contribution in [0.25, 0.3) is 21.9 Å². The highest BCUT2D eigenvalue weighted by atomic mass is 28.3. The van der Waals surface area contributed by atoms with E-state index in [4.69, 9.17) is 14.2 Å². The van der Waals surface area contributed by atoms with Crippen LogP contribution in [0.3, 0.4) is 0 Å². The Morgan fingerprint density at radius 2 is 1.27 bits per heavy atom. The average Bonchev–Trinajstić information content (AvgIpc) is 2.81. The summed E-state index contributed by atoms with van der Waals surface area (Å²) in [6.45, 7) is 9.30. The van der Waals surface area contributed by atoms with Gasteiger partial charge in [0.2, 0.25) is 0 Å². The van der Waals surface area contributed by atoms with Crippen LogP contribution < -0.4 is 19.4 Å². The summed E-state index contributed by atoms with van der Waals surface area (Å²) >= 11 is 0. The van der Waals surface area contributed by atoms with Gasteiger partial charge in [-0.3, -0.25) is 0 Å². The molecule has 0 amide bonds. The minimum absolute atomic E-state index is 0.727. The number of fused-ring (bicyclic) bond motifs is 1. The van der Waals surface area contributed by atoms with Crippen LogP contribution in [-0.4, -0.2) is 29.4 Å². The van der Waals surface area contributed by atoms with Crippen LogP contribution in [0.4, 0.5) is 0 Å². The molecular weight excluding hydrogens is 388 g/mol. The lowest BCUT2D eigenvalue weighted by Crippen LogP contribution is -2.46. The van der Waals surface area contributed by atoms with Crippen LogP contribution >= 0.6 is 0 Å². The van der Waals surface area contributed by atoms with E-state index >= 15 is 0 Å². The molecule has 4 heteroatoms. The molecule has 0 aliphatic carbocycles. The minimum Gasteiger partial charge on any atom is -0.496 e. The number of methoxy groups -OCH3 is 3. The van der Waals surface area contributed by atoms with E-state index in [1.807, 2.05) is 12.1 Å². The van der Waals surface area contributed by atoms with E-state index in [1.165, 1.54) is 40.0 Å². The number of aryl methyl sites for hydroxylation is 1. The Bertz CT molecular complexity index is 1000. The van der Waals surface area contributed by atoms with Crippen molar-refractivity contribution in [2.24, 2.45) is 0 Å². The minimum atomic E-state index is -1.62. The number of ether oxygens (including phenoxy) is 3. The van der Waals surface area contributed by atoms with E-state index in [2.05, 4.69) is 58.0 Å². The van der Waals surface area contributed by atoms with Gasteiger partial charge in [0.15, 0.2) is 0 Å². The van der Waals surface area contributed by atoms with Crippen LogP contribution in [0.15, 0.2) is 42.5 Å². The van der Waals surface area contributed by atoms with Crippen LogP contribution in [0.2, 0.25) is 18.1 Å². The molecule has 0 aliphatic heterocycles. The van der Waals surface area contributed by atoms with Gasteiger partial charge in [-0.2, -0.15) is 0 Å². The highest BCUT2D eigenvalue weighted by Gasteiger charge is 2.32. The lowest BCUT2D eigenvalue weighted by molar-refractivity contribution is 0.377. The Morgan fingerprint density at radius 1 is 0.733 bits per heavy atom. The molecule has 3 nitrogen and oxygen atoms in total. The van der Waals surface area contributed by atoms with Gasteiger partial charge >= 0.3 is 0 Å². The fourth-order valence-electron chi connectivity index (χ4n) is 4.81. The standard InChI is InChI=1S/C26H34O3Si/c1-8-30(9-2,10-3)25-17-22(18(4)20-13-11-12-14-21(20)25)26-23(28-6)15-19(27-5)16-24(26)29-7/h11-17H,8-10H2,1-7H3. The van der Waals surface area contributed by atoms with Gasteiger partial charge in [0.1, 0.15) is 17.2 Å². The number of hydrogen-bond acceptors (Lipinski definition) is 3. The van der Waals surface area contributed by atoms with Gasteiger partial charge in [-0.15, -0.1) is 0 Å². The summed E-state index contributed by atoms with van der Waals surface area (Å²) in [5, 5.41) is 4.27. The van der Waals surface area contributed by atoms with E-state index in [-0.39, 0.29) is 0 Å². The van der Waals surface area contributed by atoms with Crippen molar-refractivity contribution in [2.45, 2.75) is 45.8 Å². The first-order valence-electron chi connectivity index (χ1n) is 10.8. The van der Waals surface area contributed by atoms with Gasteiger partial charge in [-0.1, -0.05) is 74.4 Å². The lowest BCUT2D eigenvalue weighted by atomic mass is 9.93. The topological polar surface area (TPSA) is 27.7 Å². The molecule has 0 aliphatic rings. The maximum atomic E-state index is 5.81. The normalized spacial score (nSPS) is 11.6. The Morgan fingerprint density at radius 3 is 1.73 bits per heavy atom. The average molecular weight is 423 g/mol. The van der Waals surface area contributed by atoms with Crippen LogP contribution in [-0.2, 0) is 0 Å². The third-order valence-electron chi connectivity index (χ3n) is 6.90. The van der Waals surface area contributed by atoms with E-state index < -0.39 is 8.07 Å². The first kappa shape index (κ1) is 22.2. The number of benzene rings is 3. The highest BCUT2D eigenvalue weighted by Crippen LogP contribution is 2.44. The van der Waals surface area contributed by atoms with Gasteiger partial charge in [-0.05, 0) is 28.8 Å². The third-order valence-corrected chi connectivity index (χ3v) is 12.5. The predicted molar refractivity (Wildman–Crippen MR) is 131 cm³/mol. The van der Waals surface area contributed by atoms with Gasteiger partial charge < -0.3 is 14.2 Å². The molecule has 0 N–H and O–H groups in total. The fraction of sp³-hybridized carbons (Fsp3) is 0.385. The highest BCUT2D eigenvalue weighted by molar-refractivity contribution is 6.93. The first-order chi connectivity index (χ1) is 14.5. The summed E-state index contributed by atoms with van der Waals surface area (Å²) in [4.78, 5) is 0. The molecule has 0 bridgehead atoms. The zero-order valence-corrected chi connectivity index (χ0v) is 20.4. The van der Waals surface area contributed by atoms with Crippen molar-refractivity contribution in [3.05, 3.63) is 48.0 Å². The summed E-state index contributed by atoms with van der Waals surface area (Å²) < 4.78 is 17.1. The summed E-state index contributed by atoms with van der Waals surface area (Å²) in [5.74, 6) is 2.27. The van der Waals surface area contributed by atoms with Gasteiger partial charge in [-0.25, -0.2) is 0 Å². The molecule has 0 heterocycles. The molecule has 0 spiro atoms. The number of hydrogen-bond donors (Lipinski definition) is 0. The quantitative estimate of drug-likeness (QED) is 0.385. The molecule has 0 atom stereocenters. The molecule has 0 saturated carbocycles. The molecule has 30 heavy (non-hydrogen) atoms. The molecule has 3 aromatic rings. The fourth-order valence-corrected chi connectivity index (χ4v) is 8.69. The monoisotopic (exact) mass is 422 g/mol. The second kappa shape index (κ2) is 9.13. The van der Waals surface area contributed by atoms with E-state index in [1.54, 1.807) is 26.5 Å². The van der Waals surface area contributed by atoms with Crippen molar-refractivity contribution in [1.29, 1.82) is 0 Å². The predicted octanol–water partition coefficient (Wildman–Crippen LogP) is 6.56. The zero-order valence-electron chi connectivity index (χ0n) is 19.4. The van der Waals surface area contributed by atoms with Crippen molar-refractivity contribution >= 4 is 24.0 Å². The van der Waals surface area contributed by atoms with E-state index in [9.17, 15) is 0 Å². The molecule has 160 valence electrons. The van der Waals surface area contributed by atoms with E-state index in [0.29, 0.717) is 0 Å². The first-order valence-corrected chi connectivity index (χ1v) is 13.4. The maximum absolute atomic E-state index is 5.81. The number of rotatable bonds is 8. The van der Waals surface area contributed by atoms with Gasteiger partial charge in [0.25, 0.3) is 0 Å². The molecule has 0 fully saturated rings. The Labute approximate surface area is 182 Å². The lowest BCUT2D eigenvalue weighted by Gasteiger charge is -2.31. The molecule has 0 saturated heterocycles. The summed E-state index contributed by atoms with van der Waals surface area (Å²) in [6.07, 6.45) is 0. The molecule has 3 aromatic carbocycles. The third kappa shape index (κ3) is 3.58. The van der Waals surface area contributed by atoms with Crippen molar-refractivity contribution in [2.75, 3.05) is 21.3 Å². The van der Waals surface area contributed by atoms with E-state index in [0.717, 1.165) is 22.8 Å². The van der Waals surface area contributed by atoms with Crippen LogP contribution in [0.1, 0.15) is 26.3 Å². The zero-order chi connectivity index (χ0) is 21.9. The maximum Gasteiger partial charge on any atom is 0.134 e. The largest absolute Gasteiger partial charge is 0.496 e. The van der Waals surface area contributed by atoms with Gasteiger partial charge in [0.05, 0.1) is 35.0 Å². The van der Waals surface area contributed by atoms with Crippen LogP contribution in [0, 0.1) is 6.92 Å². The molecule has 0 unspecified atom stereocenters. The second-order valence-corrected chi connectivity index (χ2v) is 13.1. The van der Waals surface area contributed by atoms with Crippen molar-refractivity contribution < 1.29 is 14.2 Å². The SMILES string of the molecule is CC[Si](CC)(CC)c1cc(-c2c(OC)cc(OC)cc2OC)c(C)c2ccccc12. The summed E-state index contributed by atoms with van der Waals surface area (Å²) in [7, 11) is 3.45. The molecular formula is C26H34O3Si. The molecule has 0 radical (unpaired) electrons. The summed E-state index contributed by atoms with van der Waals surface area (Å²) in [5.41, 5.74) is 3.44. The second-order valence-electron chi connectivity index (χ2n) is 7.89. The van der Waals surface area contributed by atoms with Crippen LogP contribution in [0.5, 0.6) is 17.2 Å². The smallest absolute Gasteiger partial charge is 0.134 e. The van der Waals surface area contributed by atoms with Crippen molar-refractivity contribution in [3.8, 4) is 28.4 Å². The molecule has 3 rings (SSSR count). The van der Waals surface area contributed by atoms with Gasteiger partial charge in [0, 0.05) is 12.1 Å². The Balaban J connectivity index is 2.46. The Kier molecular flexibility index (Phi) is 6.76. The molecule has 0 aromatic heterocycles. The van der Waals surface area contributed by atoms with Crippen molar-refractivity contribution in [1.82, 2.24) is 0 Å².